The summed E-state index contributed by atoms with van der Waals surface area (Å²) in [7, 11) is 1.63. The summed E-state index contributed by atoms with van der Waals surface area (Å²) in [6.07, 6.45) is 1.23. The van der Waals surface area contributed by atoms with E-state index in [4.69, 9.17) is 0 Å². The van der Waals surface area contributed by atoms with Crippen LogP contribution in [0.4, 0.5) is 10.7 Å². The van der Waals surface area contributed by atoms with Crippen molar-refractivity contribution in [3.05, 3.63) is 16.3 Å². The molecule has 54 valence electrons. The SMILES string of the molecule is CNc1sncc1[N+](=O)[O-]. The van der Waals surface area contributed by atoms with Crippen molar-refractivity contribution in [1.29, 1.82) is 0 Å². The van der Waals surface area contributed by atoms with Gasteiger partial charge in [-0.1, -0.05) is 0 Å². The van der Waals surface area contributed by atoms with Gasteiger partial charge in [0.1, 0.15) is 6.20 Å². The van der Waals surface area contributed by atoms with Gasteiger partial charge < -0.3 is 5.32 Å². The Morgan fingerprint density at radius 2 is 2.60 bits per heavy atom. The molecule has 1 rings (SSSR count). The second kappa shape index (κ2) is 2.61. The van der Waals surface area contributed by atoms with Gasteiger partial charge in [0.25, 0.3) is 0 Å². The van der Waals surface area contributed by atoms with Crippen molar-refractivity contribution in [2.45, 2.75) is 0 Å². The Balaban J connectivity index is 3.01. The van der Waals surface area contributed by atoms with Crippen molar-refractivity contribution in [2.24, 2.45) is 0 Å². The highest BCUT2D eigenvalue weighted by atomic mass is 32.1. The molecular formula is C4H5N3O2S. The van der Waals surface area contributed by atoms with E-state index in [1.807, 2.05) is 0 Å². The Kier molecular flexibility index (Phi) is 1.81. The minimum atomic E-state index is -0.463. The summed E-state index contributed by atoms with van der Waals surface area (Å²) in [5.74, 6) is 0. The lowest BCUT2D eigenvalue weighted by Gasteiger charge is -1.89. The number of nitrogens with one attached hydrogen (secondary N) is 1. The van der Waals surface area contributed by atoms with Crippen LogP contribution in [0.2, 0.25) is 0 Å². The fourth-order valence-electron chi connectivity index (χ4n) is 0.538. The first-order valence-electron chi connectivity index (χ1n) is 2.52. The van der Waals surface area contributed by atoms with Crippen molar-refractivity contribution in [3.8, 4) is 0 Å². The van der Waals surface area contributed by atoms with Crippen LogP contribution >= 0.6 is 11.5 Å². The van der Waals surface area contributed by atoms with Crippen LogP contribution in [-0.2, 0) is 0 Å². The first-order chi connectivity index (χ1) is 4.75. The molecule has 0 amide bonds. The Morgan fingerprint density at radius 1 is 1.90 bits per heavy atom. The van der Waals surface area contributed by atoms with Gasteiger partial charge in [0.15, 0.2) is 5.00 Å². The van der Waals surface area contributed by atoms with Crippen LogP contribution in [0.15, 0.2) is 6.20 Å². The third-order valence-corrected chi connectivity index (χ3v) is 1.78. The van der Waals surface area contributed by atoms with Gasteiger partial charge in [0.05, 0.1) is 4.92 Å². The molecule has 0 aromatic carbocycles. The number of nitrogens with zero attached hydrogens (tertiary/aromatic N) is 2. The lowest BCUT2D eigenvalue weighted by molar-refractivity contribution is -0.383. The van der Waals surface area contributed by atoms with E-state index < -0.39 is 4.92 Å². The molecule has 1 aromatic rings. The number of nitro groups is 1. The van der Waals surface area contributed by atoms with E-state index in [2.05, 4.69) is 9.69 Å². The van der Waals surface area contributed by atoms with E-state index in [9.17, 15) is 10.1 Å². The van der Waals surface area contributed by atoms with Gasteiger partial charge in [-0.2, -0.15) is 4.37 Å². The Bertz CT molecular complexity index is 246. The van der Waals surface area contributed by atoms with Gasteiger partial charge in [-0.3, -0.25) is 10.1 Å². The van der Waals surface area contributed by atoms with Gasteiger partial charge in [-0.15, -0.1) is 0 Å². The summed E-state index contributed by atoms with van der Waals surface area (Å²) in [5.41, 5.74) is 0.0347. The molecule has 0 saturated carbocycles. The van der Waals surface area contributed by atoms with Crippen molar-refractivity contribution < 1.29 is 4.92 Å². The largest absolute Gasteiger partial charge is 0.373 e. The second-order valence-electron chi connectivity index (χ2n) is 1.55. The molecule has 0 aliphatic heterocycles. The Hall–Kier alpha value is -1.17. The normalized spacial score (nSPS) is 9.30. The summed E-state index contributed by atoms with van der Waals surface area (Å²) in [6, 6.07) is 0. The summed E-state index contributed by atoms with van der Waals surface area (Å²) in [4.78, 5) is 9.71. The molecule has 0 aliphatic carbocycles. The lowest BCUT2D eigenvalue weighted by Crippen LogP contribution is -1.91. The van der Waals surface area contributed by atoms with Crippen LogP contribution in [0.25, 0.3) is 0 Å². The lowest BCUT2D eigenvalue weighted by atomic mass is 10.6. The zero-order chi connectivity index (χ0) is 7.56. The van der Waals surface area contributed by atoms with Crippen LogP contribution in [0.1, 0.15) is 0 Å². The average molecular weight is 159 g/mol. The summed E-state index contributed by atoms with van der Waals surface area (Å²) in [5, 5.41) is 13.3. The fourth-order valence-corrected chi connectivity index (χ4v) is 1.11. The molecule has 1 heterocycles. The van der Waals surface area contributed by atoms with E-state index in [0.29, 0.717) is 5.00 Å². The highest BCUT2D eigenvalue weighted by molar-refractivity contribution is 7.10. The van der Waals surface area contributed by atoms with Crippen molar-refractivity contribution in [2.75, 3.05) is 12.4 Å². The first-order valence-corrected chi connectivity index (χ1v) is 3.30. The van der Waals surface area contributed by atoms with Gasteiger partial charge in [0.2, 0.25) is 0 Å². The van der Waals surface area contributed by atoms with Crippen molar-refractivity contribution in [1.82, 2.24) is 4.37 Å². The van der Waals surface area contributed by atoms with E-state index in [1.165, 1.54) is 6.20 Å². The predicted octanol–water partition coefficient (Wildman–Crippen LogP) is 1.09. The molecule has 0 unspecified atom stereocenters. The van der Waals surface area contributed by atoms with E-state index in [0.717, 1.165) is 11.5 Å². The first kappa shape index (κ1) is 6.94. The monoisotopic (exact) mass is 159 g/mol. The van der Waals surface area contributed by atoms with Crippen LogP contribution in [0.5, 0.6) is 0 Å². The molecule has 0 radical (unpaired) electrons. The number of hydrogen-bond donors (Lipinski definition) is 1. The van der Waals surface area contributed by atoms with Crippen molar-refractivity contribution in [3.63, 3.8) is 0 Å². The van der Waals surface area contributed by atoms with Gasteiger partial charge in [-0.05, 0) is 11.5 Å². The number of aromatic nitrogens is 1. The molecule has 6 heteroatoms. The van der Waals surface area contributed by atoms with Crippen LogP contribution < -0.4 is 5.32 Å². The average Bonchev–Trinajstić information content (AvgIpc) is 2.33. The van der Waals surface area contributed by atoms with Gasteiger partial charge >= 0.3 is 5.69 Å². The fraction of sp³-hybridized carbons (Fsp3) is 0.250. The molecule has 0 atom stereocenters. The van der Waals surface area contributed by atoms with E-state index >= 15 is 0 Å². The highest BCUT2D eigenvalue weighted by Crippen LogP contribution is 2.26. The third-order valence-electron chi connectivity index (χ3n) is 0.975. The predicted molar refractivity (Wildman–Crippen MR) is 38.3 cm³/mol. The van der Waals surface area contributed by atoms with E-state index in [-0.39, 0.29) is 5.69 Å². The zero-order valence-electron chi connectivity index (χ0n) is 5.20. The minimum absolute atomic E-state index is 0.0347. The minimum Gasteiger partial charge on any atom is -0.373 e. The standard InChI is InChI=1S/C4H5N3O2S/c1-5-4-3(7(8)9)2-6-10-4/h2,5H,1H3. The topological polar surface area (TPSA) is 68.1 Å². The number of hydrogen-bond acceptors (Lipinski definition) is 5. The molecule has 0 saturated heterocycles. The summed E-state index contributed by atoms with van der Waals surface area (Å²) in [6.45, 7) is 0. The van der Waals surface area contributed by atoms with Crippen LogP contribution in [0, 0.1) is 10.1 Å². The zero-order valence-corrected chi connectivity index (χ0v) is 6.01. The Morgan fingerprint density at radius 3 is 3.00 bits per heavy atom. The van der Waals surface area contributed by atoms with Gasteiger partial charge in [-0.25, -0.2) is 0 Å². The maximum atomic E-state index is 10.2. The number of rotatable bonds is 2. The molecule has 0 bridgehead atoms. The highest BCUT2D eigenvalue weighted by Gasteiger charge is 2.13. The molecule has 1 aromatic heterocycles. The molecule has 10 heavy (non-hydrogen) atoms. The molecule has 1 N–H and O–H groups in total. The molecule has 0 aliphatic rings. The molecule has 5 nitrogen and oxygen atoms in total. The Labute approximate surface area is 61.0 Å². The van der Waals surface area contributed by atoms with Crippen molar-refractivity contribution >= 4 is 22.2 Å². The maximum absolute atomic E-state index is 10.2. The smallest absolute Gasteiger partial charge is 0.323 e. The van der Waals surface area contributed by atoms with Crippen LogP contribution in [0.3, 0.4) is 0 Å². The number of anilines is 1. The summed E-state index contributed by atoms with van der Waals surface area (Å²) < 4.78 is 3.65. The van der Waals surface area contributed by atoms with Gasteiger partial charge in [0, 0.05) is 7.05 Å². The van der Waals surface area contributed by atoms with E-state index in [1.54, 1.807) is 7.05 Å². The molecule has 0 spiro atoms. The summed E-state index contributed by atoms with van der Waals surface area (Å²) >= 11 is 1.08. The molecule has 0 fully saturated rings. The molecular weight excluding hydrogens is 154 g/mol. The second-order valence-corrected chi connectivity index (χ2v) is 2.35. The van der Waals surface area contributed by atoms with Crippen LogP contribution in [-0.4, -0.2) is 16.3 Å². The quantitative estimate of drug-likeness (QED) is 0.518. The maximum Gasteiger partial charge on any atom is 0.323 e. The third kappa shape index (κ3) is 1.06.